The highest BCUT2D eigenvalue weighted by Gasteiger charge is 2.41. The fourth-order valence-electron chi connectivity index (χ4n) is 2.94. The molecule has 1 unspecified atom stereocenters. The standard InChI is InChI=1S/C15H26O2/c1-7-13-11(4)8-12(15(13,5)6)9-17-14(16)10(2)3/h8,10,12-13H,7,9H2,1-6H3/t12-,13?/m0/s1. The number of ether oxygens (including phenoxy) is 1. The van der Waals surface area contributed by atoms with Crippen LogP contribution in [-0.4, -0.2) is 12.6 Å². The van der Waals surface area contributed by atoms with Crippen LogP contribution in [0.1, 0.15) is 48.0 Å². The lowest BCUT2D eigenvalue weighted by Crippen LogP contribution is -2.30. The first-order valence-corrected chi connectivity index (χ1v) is 6.65. The van der Waals surface area contributed by atoms with Crippen LogP contribution in [-0.2, 0) is 9.53 Å². The zero-order chi connectivity index (χ0) is 13.2. The van der Waals surface area contributed by atoms with E-state index in [0.717, 1.165) is 6.42 Å². The summed E-state index contributed by atoms with van der Waals surface area (Å²) in [5.74, 6) is 0.846. The Hall–Kier alpha value is -0.790. The Kier molecular flexibility index (Phi) is 4.40. The summed E-state index contributed by atoms with van der Waals surface area (Å²) >= 11 is 0. The van der Waals surface area contributed by atoms with Gasteiger partial charge in [0.15, 0.2) is 0 Å². The Morgan fingerprint density at radius 1 is 1.47 bits per heavy atom. The number of carbonyl (C=O) groups is 1. The third-order valence-corrected chi connectivity index (χ3v) is 4.15. The summed E-state index contributed by atoms with van der Waals surface area (Å²) in [5.41, 5.74) is 1.65. The highest BCUT2D eigenvalue weighted by molar-refractivity contribution is 5.71. The highest BCUT2D eigenvalue weighted by atomic mass is 16.5. The smallest absolute Gasteiger partial charge is 0.308 e. The van der Waals surface area contributed by atoms with Gasteiger partial charge in [-0.05, 0) is 24.7 Å². The summed E-state index contributed by atoms with van der Waals surface area (Å²) in [6.07, 6.45) is 3.45. The molecule has 98 valence electrons. The average Bonchev–Trinajstić information content (AvgIpc) is 2.44. The normalized spacial score (nSPS) is 27.1. The van der Waals surface area contributed by atoms with Crippen LogP contribution < -0.4 is 0 Å². The lowest BCUT2D eigenvalue weighted by atomic mass is 9.72. The Morgan fingerprint density at radius 3 is 2.47 bits per heavy atom. The molecule has 1 aliphatic carbocycles. The molecule has 1 rings (SSSR count). The summed E-state index contributed by atoms with van der Waals surface area (Å²) in [7, 11) is 0. The molecule has 0 aliphatic heterocycles. The predicted octanol–water partition coefficient (Wildman–Crippen LogP) is 3.81. The first kappa shape index (κ1) is 14.3. The van der Waals surface area contributed by atoms with Gasteiger partial charge in [-0.25, -0.2) is 0 Å². The van der Waals surface area contributed by atoms with E-state index in [9.17, 15) is 4.79 Å². The Balaban J connectivity index is 2.64. The van der Waals surface area contributed by atoms with E-state index in [0.29, 0.717) is 18.4 Å². The number of allylic oxidation sites excluding steroid dienone is 1. The molecule has 0 heterocycles. The summed E-state index contributed by atoms with van der Waals surface area (Å²) < 4.78 is 5.38. The van der Waals surface area contributed by atoms with Gasteiger partial charge < -0.3 is 4.74 Å². The van der Waals surface area contributed by atoms with Gasteiger partial charge in [0, 0.05) is 5.92 Å². The third kappa shape index (κ3) is 2.91. The molecule has 2 heteroatoms. The van der Waals surface area contributed by atoms with Crippen molar-refractivity contribution < 1.29 is 9.53 Å². The first-order chi connectivity index (χ1) is 7.80. The lowest BCUT2D eigenvalue weighted by Gasteiger charge is -2.33. The second-order valence-electron chi connectivity index (χ2n) is 6.08. The molecule has 0 radical (unpaired) electrons. The minimum Gasteiger partial charge on any atom is -0.465 e. The highest BCUT2D eigenvalue weighted by Crippen LogP contribution is 2.48. The van der Waals surface area contributed by atoms with Crippen LogP contribution >= 0.6 is 0 Å². The number of rotatable bonds is 4. The van der Waals surface area contributed by atoms with E-state index in [1.54, 1.807) is 0 Å². The first-order valence-electron chi connectivity index (χ1n) is 6.65. The molecule has 0 saturated heterocycles. The van der Waals surface area contributed by atoms with Crippen molar-refractivity contribution in [3.8, 4) is 0 Å². The van der Waals surface area contributed by atoms with Crippen LogP contribution in [0.25, 0.3) is 0 Å². The Bertz CT molecular complexity index is 313. The van der Waals surface area contributed by atoms with Crippen molar-refractivity contribution in [2.75, 3.05) is 6.61 Å². The molecule has 0 aromatic heterocycles. The van der Waals surface area contributed by atoms with Crippen LogP contribution in [0.3, 0.4) is 0 Å². The second-order valence-corrected chi connectivity index (χ2v) is 6.08. The van der Waals surface area contributed by atoms with Crippen molar-refractivity contribution in [1.82, 2.24) is 0 Å². The fourth-order valence-corrected chi connectivity index (χ4v) is 2.94. The molecule has 0 spiro atoms. The molecule has 17 heavy (non-hydrogen) atoms. The summed E-state index contributed by atoms with van der Waals surface area (Å²) in [6.45, 7) is 13.3. The fraction of sp³-hybridized carbons (Fsp3) is 0.800. The summed E-state index contributed by atoms with van der Waals surface area (Å²) in [5, 5.41) is 0. The maximum atomic E-state index is 11.5. The topological polar surface area (TPSA) is 26.3 Å². The molecule has 1 aliphatic rings. The molecule has 0 bridgehead atoms. The molecule has 0 amide bonds. The minimum atomic E-state index is -0.0909. The van der Waals surface area contributed by atoms with Gasteiger partial charge in [0.2, 0.25) is 0 Å². The molecular formula is C15H26O2. The molecule has 0 N–H and O–H groups in total. The van der Waals surface area contributed by atoms with Crippen LogP contribution in [0.2, 0.25) is 0 Å². The number of hydrogen-bond acceptors (Lipinski definition) is 2. The van der Waals surface area contributed by atoms with Gasteiger partial charge in [0.1, 0.15) is 0 Å². The van der Waals surface area contributed by atoms with Gasteiger partial charge in [0.25, 0.3) is 0 Å². The van der Waals surface area contributed by atoms with Gasteiger partial charge >= 0.3 is 5.97 Å². The van der Waals surface area contributed by atoms with Crippen molar-refractivity contribution in [2.45, 2.75) is 48.0 Å². The number of carbonyl (C=O) groups excluding carboxylic acids is 1. The van der Waals surface area contributed by atoms with Crippen LogP contribution in [0.15, 0.2) is 11.6 Å². The van der Waals surface area contributed by atoms with Crippen molar-refractivity contribution >= 4 is 5.97 Å². The van der Waals surface area contributed by atoms with E-state index < -0.39 is 0 Å². The van der Waals surface area contributed by atoms with E-state index >= 15 is 0 Å². The molecule has 2 atom stereocenters. The molecule has 0 saturated carbocycles. The quantitative estimate of drug-likeness (QED) is 0.550. The SMILES string of the molecule is CCC1C(C)=C[C@@H](COC(=O)C(C)C)C1(C)C. The average molecular weight is 238 g/mol. The maximum absolute atomic E-state index is 11.5. The number of esters is 1. The summed E-state index contributed by atoms with van der Waals surface area (Å²) in [4.78, 5) is 11.5. The minimum absolute atomic E-state index is 0.0356. The maximum Gasteiger partial charge on any atom is 0.308 e. The zero-order valence-electron chi connectivity index (χ0n) is 12.0. The van der Waals surface area contributed by atoms with Gasteiger partial charge in [0.05, 0.1) is 12.5 Å². The molecule has 0 fully saturated rings. The second kappa shape index (κ2) is 5.24. The molecule has 2 nitrogen and oxygen atoms in total. The van der Waals surface area contributed by atoms with Crippen molar-refractivity contribution in [2.24, 2.45) is 23.2 Å². The Morgan fingerprint density at radius 2 is 2.06 bits per heavy atom. The third-order valence-electron chi connectivity index (χ3n) is 4.15. The van der Waals surface area contributed by atoms with E-state index in [-0.39, 0.29) is 17.3 Å². The van der Waals surface area contributed by atoms with Crippen molar-refractivity contribution in [3.05, 3.63) is 11.6 Å². The number of hydrogen-bond donors (Lipinski definition) is 0. The molecule has 0 aromatic carbocycles. The van der Waals surface area contributed by atoms with Crippen LogP contribution in [0, 0.1) is 23.2 Å². The largest absolute Gasteiger partial charge is 0.465 e. The monoisotopic (exact) mass is 238 g/mol. The van der Waals surface area contributed by atoms with E-state index in [1.807, 2.05) is 13.8 Å². The lowest BCUT2D eigenvalue weighted by molar-refractivity contribution is -0.149. The van der Waals surface area contributed by atoms with Crippen molar-refractivity contribution in [3.63, 3.8) is 0 Å². The molecule has 0 aromatic rings. The van der Waals surface area contributed by atoms with Gasteiger partial charge in [-0.15, -0.1) is 0 Å². The predicted molar refractivity (Wildman–Crippen MR) is 70.6 cm³/mol. The van der Waals surface area contributed by atoms with Gasteiger partial charge in [-0.2, -0.15) is 0 Å². The zero-order valence-corrected chi connectivity index (χ0v) is 12.0. The van der Waals surface area contributed by atoms with Crippen LogP contribution in [0.5, 0.6) is 0 Å². The van der Waals surface area contributed by atoms with Gasteiger partial charge in [-0.3, -0.25) is 4.79 Å². The van der Waals surface area contributed by atoms with Gasteiger partial charge in [-0.1, -0.05) is 46.3 Å². The summed E-state index contributed by atoms with van der Waals surface area (Å²) in [6, 6.07) is 0. The van der Waals surface area contributed by atoms with Crippen LogP contribution in [0.4, 0.5) is 0 Å². The Labute approximate surface area is 105 Å². The van der Waals surface area contributed by atoms with Crippen molar-refractivity contribution in [1.29, 1.82) is 0 Å². The van der Waals surface area contributed by atoms with E-state index in [1.165, 1.54) is 5.57 Å². The molecular weight excluding hydrogens is 212 g/mol. The van der Waals surface area contributed by atoms with E-state index in [2.05, 4.69) is 33.8 Å². The van der Waals surface area contributed by atoms with E-state index in [4.69, 9.17) is 4.74 Å².